The molecule has 25 heavy (non-hydrogen) atoms. The first kappa shape index (κ1) is 18.7. The number of thiophene rings is 1. The van der Waals surface area contributed by atoms with Crippen molar-refractivity contribution in [1.29, 1.82) is 0 Å². The van der Waals surface area contributed by atoms with Gasteiger partial charge in [-0.25, -0.2) is 4.79 Å². The first-order chi connectivity index (χ1) is 12.0. The van der Waals surface area contributed by atoms with Gasteiger partial charge in [0.25, 0.3) is 5.91 Å². The summed E-state index contributed by atoms with van der Waals surface area (Å²) in [6.45, 7) is 1.73. The highest BCUT2D eigenvalue weighted by atomic mass is 32.1. The number of rotatable bonds is 7. The molecule has 1 aromatic heterocycles. The molecule has 0 fully saturated rings. The third-order valence-corrected chi connectivity index (χ3v) is 4.30. The normalized spacial score (nSPS) is 11.4. The van der Waals surface area contributed by atoms with Crippen molar-refractivity contribution in [2.24, 2.45) is 0 Å². The quantitative estimate of drug-likeness (QED) is 0.744. The molecule has 0 saturated heterocycles. The number of hydrogen-bond donors (Lipinski definition) is 2. The van der Waals surface area contributed by atoms with E-state index in [1.165, 1.54) is 6.92 Å². The van der Waals surface area contributed by atoms with Crippen LogP contribution in [0.2, 0.25) is 0 Å². The molecule has 132 valence electrons. The minimum atomic E-state index is -1.03. The van der Waals surface area contributed by atoms with Crippen LogP contribution in [-0.4, -0.2) is 24.0 Å². The third kappa shape index (κ3) is 6.76. The molecule has 7 heteroatoms. The molecular weight excluding hydrogens is 340 g/mol. The average molecular weight is 360 g/mol. The van der Waals surface area contributed by atoms with Gasteiger partial charge in [-0.3, -0.25) is 14.9 Å². The van der Waals surface area contributed by atoms with Crippen LogP contribution in [0, 0.1) is 0 Å². The number of carbonyl (C=O) groups is 3. The van der Waals surface area contributed by atoms with E-state index in [0.29, 0.717) is 13.0 Å². The lowest BCUT2D eigenvalue weighted by atomic mass is 10.2. The van der Waals surface area contributed by atoms with E-state index in [1.54, 1.807) is 11.3 Å². The number of ether oxygens (including phenoxy) is 1. The molecule has 2 aromatic rings. The monoisotopic (exact) mass is 360 g/mol. The summed E-state index contributed by atoms with van der Waals surface area (Å²) in [7, 11) is 0. The van der Waals surface area contributed by atoms with E-state index in [9.17, 15) is 14.4 Å². The molecule has 0 aliphatic rings. The Labute approximate surface area is 150 Å². The number of benzene rings is 1. The second-order valence-electron chi connectivity index (χ2n) is 5.37. The van der Waals surface area contributed by atoms with Crippen molar-refractivity contribution in [3.05, 3.63) is 58.3 Å². The lowest BCUT2D eigenvalue weighted by molar-refractivity contribution is -0.154. The summed E-state index contributed by atoms with van der Waals surface area (Å²) in [5, 5.41) is 6.67. The predicted octanol–water partition coefficient (Wildman–Crippen LogP) is 2.64. The van der Waals surface area contributed by atoms with Gasteiger partial charge in [0.1, 0.15) is 0 Å². The molecule has 6 nitrogen and oxygen atoms in total. The third-order valence-electron chi connectivity index (χ3n) is 3.37. The summed E-state index contributed by atoms with van der Waals surface area (Å²) in [5.41, 5.74) is 0.915. The molecular formula is C18H20N2O4S. The molecule has 2 N–H and O–H groups in total. The first-order valence-corrected chi connectivity index (χ1v) is 8.77. The molecule has 1 aromatic carbocycles. The van der Waals surface area contributed by atoms with Gasteiger partial charge >= 0.3 is 12.0 Å². The molecule has 0 radical (unpaired) electrons. The van der Waals surface area contributed by atoms with E-state index in [-0.39, 0.29) is 6.42 Å². The zero-order valence-electron chi connectivity index (χ0n) is 13.9. The van der Waals surface area contributed by atoms with Gasteiger partial charge in [-0.1, -0.05) is 36.4 Å². The maximum absolute atomic E-state index is 11.9. The van der Waals surface area contributed by atoms with Gasteiger partial charge in [-0.05, 0) is 30.4 Å². The first-order valence-electron chi connectivity index (χ1n) is 7.89. The summed E-state index contributed by atoms with van der Waals surface area (Å²) in [5.74, 6) is -1.13. The number of aryl methyl sites for hydroxylation is 1. The van der Waals surface area contributed by atoms with Crippen molar-refractivity contribution in [2.45, 2.75) is 32.4 Å². The zero-order chi connectivity index (χ0) is 18.1. The Morgan fingerprint density at radius 1 is 1.12 bits per heavy atom. The standard InChI is InChI=1S/C18H20N2O4S/c1-13(24-16(21)10-9-15-8-5-11-25-15)17(22)20-18(23)19-12-14-6-3-2-4-7-14/h2-8,11,13H,9-10,12H2,1H3,(H2,19,20,22,23). The molecule has 0 saturated carbocycles. The van der Waals surface area contributed by atoms with Crippen molar-refractivity contribution in [3.63, 3.8) is 0 Å². The molecule has 0 bridgehead atoms. The van der Waals surface area contributed by atoms with E-state index < -0.39 is 24.0 Å². The second-order valence-corrected chi connectivity index (χ2v) is 6.40. The van der Waals surface area contributed by atoms with Gasteiger partial charge in [-0.2, -0.15) is 0 Å². The Balaban J connectivity index is 1.68. The molecule has 3 amide bonds. The maximum Gasteiger partial charge on any atom is 0.321 e. The van der Waals surface area contributed by atoms with Crippen molar-refractivity contribution < 1.29 is 19.1 Å². The van der Waals surface area contributed by atoms with Crippen molar-refractivity contribution in [2.75, 3.05) is 0 Å². The fourth-order valence-electron chi connectivity index (χ4n) is 2.03. The molecule has 0 aliphatic carbocycles. The van der Waals surface area contributed by atoms with Crippen LogP contribution in [0.25, 0.3) is 0 Å². The Morgan fingerprint density at radius 2 is 1.88 bits per heavy atom. The molecule has 0 aliphatic heterocycles. The summed E-state index contributed by atoms with van der Waals surface area (Å²) in [6, 6.07) is 12.5. The van der Waals surface area contributed by atoms with Crippen LogP contribution in [0.5, 0.6) is 0 Å². The SMILES string of the molecule is CC(OC(=O)CCc1cccs1)C(=O)NC(=O)NCc1ccccc1. The van der Waals surface area contributed by atoms with Gasteiger partial charge < -0.3 is 10.1 Å². The number of nitrogens with one attached hydrogen (secondary N) is 2. The Hall–Kier alpha value is -2.67. The number of esters is 1. The smallest absolute Gasteiger partial charge is 0.321 e. The average Bonchev–Trinajstić information content (AvgIpc) is 3.12. The molecule has 1 unspecified atom stereocenters. The van der Waals surface area contributed by atoms with E-state index in [1.807, 2.05) is 47.8 Å². The molecule has 0 spiro atoms. The number of urea groups is 1. The van der Waals surface area contributed by atoms with Crippen LogP contribution in [0.3, 0.4) is 0 Å². The van der Waals surface area contributed by atoms with E-state index >= 15 is 0 Å². The minimum absolute atomic E-state index is 0.193. The minimum Gasteiger partial charge on any atom is -0.453 e. The fraction of sp³-hybridized carbons (Fsp3) is 0.278. The highest BCUT2D eigenvalue weighted by Crippen LogP contribution is 2.11. The fourth-order valence-corrected chi connectivity index (χ4v) is 2.73. The summed E-state index contributed by atoms with van der Waals surface area (Å²) in [4.78, 5) is 36.4. The topological polar surface area (TPSA) is 84.5 Å². The molecule has 1 heterocycles. The van der Waals surface area contributed by atoms with Crippen LogP contribution in [0.1, 0.15) is 23.8 Å². The highest BCUT2D eigenvalue weighted by Gasteiger charge is 2.19. The summed E-state index contributed by atoms with van der Waals surface area (Å²) < 4.78 is 5.05. The highest BCUT2D eigenvalue weighted by molar-refractivity contribution is 7.09. The lowest BCUT2D eigenvalue weighted by Gasteiger charge is -2.13. The van der Waals surface area contributed by atoms with E-state index in [2.05, 4.69) is 10.6 Å². The number of imide groups is 1. The van der Waals surface area contributed by atoms with Gasteiger partial charge in [0.05, 0.1) is 6.42 Å². The lowest BCUT2D eigenvalue weighted by Crippen LogP contribution is -2.44. The Kier molecular flexibility index (Phi) is 7.16. The van der Waals surface area contributed by atoms with Crippen LogP contribution >= 0.6 is 11.3 Å². The zero-order valence-corrected chi connectivity index (χ0v) is 14.7. The molecule has 2 rings (SSSR count). The Bertz CT molecular complexity index is 701. The van der Waals surface area contributed by atoms with Gasteiger partial charge in [-0.15, -0.1) is 11.3 Å². The molecule has 1 atom stereocenters. The van der Waals surface area contributed by atoms with Crippen molar-refractivity contribution in [3.8, 4) is 0 Å². The van der Waals surface area contributed by atoms with Crippen molar-refractivity contribution in [1.82, 2.24) is 10.6 Å². The Morgan fingerprint density at radius 3 is 2.56 bits per heavy atom. The summed E-state index contributed by atoms with van der Waals surface area (Å²) >= 11 is 1.56. The van der Waals surface area contributed by atoms with E-state index in [0.717, 1.165) is 10.4 Å². The number of hydrogen-bond acceptors (Lipinski definition) is 5. The number of amides is 3. The number of carbonyl (C=O) groups excluding carboxylic acids is 3. The van der Waals surface area contributed by atoms with Crippen LogP contribution < -0.4 is 10.6 Å². The second kappa shape index (κ2) is 9.58. The van der Waals surface area contributed by atoms with Crippen LogP contribution in [-0.2, 0) is 27.3 Å². The largest absolute Gasteiger partial charge is 0.453 e. The van der Waals surface area contributed by atoms with Gasteiger partial charge in [0, 0.05) is 11.4 Å². The maximum atomic E-state index is 11.9. The van der Waals surface area contributed by atoms with Crippen molar-refractivity contribution >= 4 is 29.2 Å². The van der Waals surface area contributed by atoms with E-state index in [4.69, 9.17) is 4.74 Å². The predicted molar refractivity (Wildman–Crippen MR) is 95.0 cm³/mol. The summed E-state index contributed by atoms with van der Waals surface area (Å²) in [6.07, 6.45) is -0.265. The van der Waals surface area contributed by atoms with Gasteiger partial charge in [0.2, 0.25) is 0 Å². The van der Waals surface area contributed by atoms with Gasteiger partial charge in [0.15, 0.2) is 6.10 Å². The van der Waals surface area contributed by atoms with Crippen LogP contribution in [0.4, 0.5) is 4.79 Å². The van der Waals surface area contributed by atoms with Crippen LogP contribution in [0.15, 0.2) is 47.8 Å².